The third-order valence-electron chi connectivity index (χ3n) is 4.52. The second kappa shape index (κ2) is 12.6. The highest BCUT2D eigenvalue weighted by Gasteiger charge is 2.29. The van der Waals surface area contributed by atoms with Gasteiger partial charge in [0.25, 0.3) is 0 Å². The first kappa shape index (κ1) is 26.6. The van der Waals surface area contributed by atoms with E-state index in [0.29, 0.717) is 13.0 Å². The molecule has 0 fully saturated rings. The lowest BCUT2D eigenvalue weighted by atomic mass is 10.0. The number of benzene rings is 1. The third kappa shape index (κ3) is 10.2. The van der Waals surface area contributed by atoms with Gasteiger partial charge in [-0.2, -0.15) is 0 Å². The van der Waals surface area contributed by atoms with E-state index in [1.54, 1.807) is 11.7 Å². The number of hydrogen-bond donors (Lipinski definition) is 2. The quantitative estimate of drug-likeness (QED) is 0.531. The second-order valence-electron chi connectivity index (χ2n) is 9.40. The van der Waals surface area contributed by atoms with Crippen molar-refractivity contribution in [2.24, 2.45) is 5.92 Å². The fourth-order valence-electron chi connectivity index (χ4n) is 3.12. The molecule has 0 aliphatic heterocycles. The number of rotatable bonds is 10. The average Bonchev–Trinajstić information content (AvgIpc) is 3.23. The zero-order valence-corrected chi connectivity index (χ0v) is 20.8. The van der Waals surface area contributed by atoms with Crippen LogP contribution in [0.15, 0.2) is 42.0 Å². The lowest BCUT2D eigenvalue weighted by molar-refractivity contribution is -0.0173. The SMILES string of the molecule is CC(C)CN(CC(O)C(Cc1ccccc1)OC(=O)NC(C)(C)C)C(=O)OCc1cncs1. The Balaban J connectivity index is 2.11. The molecular weight excluding hydrogens is 442 g/mol. The lowest BCUT2D eigenvalue weighted by Gasteiger charge is -2.31. The Bertz CT molecular complexity index is 853. The van der Waals surface area contributed by atoms with Crippen LogP contribution in [0, 0.1) is 5.92 Å². The number of carbonyl (C=O) groups excluding carboxylic acids is 2. The van der Waals surface area contributed by atoms with Gasteiger partial charge in [-0.1, -0.05) is 44.2 Å². The van der Waals surface area contributed by atoms with Gasteiger partial charge in [-0.05, 0) is 32.3 Å². The van der Waals surface area contributed by atoms with E-state index >= 15 is 0 Å². The van der Waals surface area contributed by atoms with Crippen LogP contribution < -0.4 is 5.32 Å². The number of aliphatic hydroxyl groups excluding tert-OH is 1. The molecule has 0 aliphatic rings. The molecule has 1 aromatic heterocycles. The molecule has 2 amide bonds. The molecule has 0 bridgehead atoms. The number of carbonyl (C=O) groups is 2. The van der Waals surface area contributed by atoms with E-state index in [1.807, 2.05) is 65.0 Å². The molecule has 8 nitrogen and oxygen atoms in total. The predicted octanol–water partition coefficient (Wildman–Crippen LogP) is 4.23. The van der Waals surface area contributed by atoms with Gasteiger partial charge in [-0.3, -0.25) is 4.98 Å². The number of amides is 2. The molecule has 2 N–H and O–H groups in total. The number of ether oxygens (including phenoxy) is 2. The fourth-order valence-corrected chi connectivity index (χ4v) is 3.63. The molecule has 2 unspecified atom stereocenters. The summed E-state index contributed by atoms with van der Waals surface area (Å²) in [6.45, 7) is 9.98. The van der Waals surface area contributed by atoms with Gasteiger partial charge in [0, 0.05) is 24.7 Å². The normalized spacial score (nSPS) is 13.3. The van der Waals surface area contributed by atoms with Crippen LogP contribution in [0.3, 0.4) is 0 Å². The topological polar surface area (TPSA) is 101 Å². The van der Waals surface area contributed by atoms with Crippen molar-refractivity contribution in [3.05, 3.63) is 52.5 Å². The number of aliphatic hydroxyl groups is 1. The number of hydrogen-bond acceptors (Lipinski definition) is 7. The summed E-state index contributed by atoms with van der Waals surface area (Å²) in [4.78, 5) is 31.5. The van der Waals surface area contributed by atoms with Crippen LogP contribution in [0.25, 0.3) is 0 Å². The summed E-state index contributed by atoms with van der Waals surface area (Å²) < 4.78 is 11.0. The molecular formula is C24H35N3O5S. The van der Waals surface area contributed by atoms with Crippen LogP contribution in [-0.4, -0.2) is 58.0 Å². The first-order valence-corrected chi connectivity index (χ1v) is 11.9. The van der Waals surface area contributed by atoms with Crippen molar-refractivity contribution >= 4 is 23.5 Å². The number of nitrogens with zero attached hydrogens (tertiary/aromatic N) is 2. The van der Waals surface area contributed by atoms with E-state index in [9.17, 15) is 14.7 Å². The first-order valence-electron chi connectivity index (χ1n) is 11.0. The Kier molecular flexibility index (Phi) is 10.1. The van der Waals surface area contributed by atoms with Crippen molar-refractivity contribution in [3.8, 4) is 0 Å². The highest BCUT2D eigenvalue weighted by atomic mass is 32.1. The minimum absolute atomic E-state index is 0.0278. The van der Waals surface area contributed by atoms with Gasteiger partial charge in [-0.15, -0.1) is 11.3 Å². The first-order chi connectivity index (χ1) is 15.5. The largest absolute Gasteiger partial charge is 0.444 e. The van der Waals surface area contributed by atoms with Gasteiger partial charge < -0.3 is 24.8 Å². The van der Waals surface area contributed by atoms with Crippen LogP contribution in [0.4, 0.5) is 9.59 Å². The molecule has 2 rings (SSSR count). The van der Waals surface area contributed by atoms with Crippen molar-refractivity contribution in [2.45, 2.75) is 65.4 Å². The summed E-state index contributed by atoms with van der Waals surface area (Å²) in [5.41, 5.74) is 2.10. The summed E-state index contributed by atoms with van der Waals surface area (Å²) >= 11 is 1.40. The zero-order valence-electron chi connectivity index (χ0n) is 20.0. The molecule has 2 aromatic rings. The summed E-state index contributed by atoms with van der Waals surface area (Å²) in [5, 5.41) is 13.8. The Labute approximate surface area is 199 Å². The minimum atomic E-state index is -1.11. The Morgan fingerprint density at radius 1 is 1.18 bits per heavy atom. The minimum Gasteiger partial charge on any atom is -0.444 e. The van der Waals surface area contributed by atoms with Gasteiger partial charge >= 0.3 is 12.2 Å². The van der Waals surface area contributed by atoms with Gasteiger partial charge in [0.2, 0.25) is 0 Å². The maximum absolute atomic E-state index is 12.8. The van der Waals surface area contributed by atoms with E-state index < -0.39 is 29.9 Å². The van der Waals surface area contributed by atoms with E-state index in [4.69, 9.17) is 9.47 Å². The van der Waals surface area contributed by atoms with Crippen molar-refractivity contribution in [3.63, 3.8) is 0 Å². The molecule has 1 aromatic carbocycles. The lowest BCUT2D eigenvalue weighted by Crippen LogP contribution is -2.48. The maximum Gasteiger partial charge on any atom is 0.410 e. The van der Waals surface area contributed by atoms with Crippen molar-refractivity contribution < 1.29 is 24.2 Å². The van der Waals surface area contributed by atoms with Crippen LogP contribution >= 0.6 is 11.3 Å². The average molecular weight is 478 g/mol. The number of aromatic nitrogens is 1. The summed E-state index contributed by atoms with van der Waals surface area (Å²) in [6.07, 6.45) is -1.15. The smallest absolute Gasteiger partial charge is 0.410 e. The Morgan fingerprint density at radius 3 is 2.45 bits per heavy atom. The molecule has 182 valence electrons. The molecule has 2 atom stereocenters. The predicted molar refractivity (Wildman–Crippen MR) is 128 cm³/mol. The van der Waals surface area contributed by atoms with Crippen molar-refractivity contribution in [2.75, 3.05) is 13.1 Å². The van der Waals surface area contributed by atoms with Crippen LogP contribution in [0.5, 0.6) is 0 Å². The summed E-state index contributed by atoms with van der Waals surface area (Å²) in [7, 11) is 0. The van der Waals surface area contributed by atoms with Gasteiger partial charge in [0.1, 0.15) is 18.8 Å². The van der Waals surface area contributed by atoms with E-state index in [2.05, 4.69) is 10.3 Å². The molecule has 0 saturated heterocycles. The van der Waals surface area contributed by atoms with E-state index in [0.717, 1.165) is 10.4 Å². The van der Waals surface area contributed by atoms with Gasteiger partial charge in [-0.25, -0.2) is 9.59 Å². The molecule has 0 saturated carbocycles. The number of nitrogens with one attached hydrogen (secondary N) is 1. The zero-order chi connectivity index (χ0) is 24.4. The number of alkyl carbamates (subject to hydrolysis) is 1. The second-order valence-corrected chi connectivity index (χ2v) is 10.4. The van der Waals surface area contributed by atoms with Crippen LogP contribution in [0.1, 0.15) is 45.1 Å². The van der Waals surface area contributed by atoms with Crippen molar-refractivity contribution in [1.29, 1.82) is 0 Å². The molecule has 9 heteroatoms. The van der Waals surface area contributed by atoms with Gasteiger partial charge in [0.05, 0.1) is 16.9 Å². The fraction of sp³-hybridized carbons (Fsp3) is 0.542. The Hall–Kier alpha value is -2.65. The van der Waals surface area contributed by atoms with Crippen molar-refractivity contribution in [1.82, 2.24) is 15.2 Å². The molecule has 1 heterocycles. The Morgan fingerprint density at radius 2 is 1.88 bits per heavy atom. The summed E-state index contributed by atoms with van der Waals surface area (Å²) in [6, 6.07) is 9.47. The molecule has 0 radical (unpaired) electrons. The van der Waals surface area contributed by atoms with Crippen LogP contribution in [0.2, 0.25) is 0 Å². The standard InChI is InChI=1S/C24H35N3O5S/c1-17(2)13-27(23(30)31-15-19-12-25-16-33-19)14-20(28)21(11-18-9-7-6-8-10-18)32-22(29)26-24(3,4)5/h6-10,12,16-17,20-21,28H,11,13-15H2,1-5H3,(H,26,29). The third-order valence-corrected chi connectivity index (χ3v) is 5.27. The molecule has 0 spiro atoms. The highest BCUT2D eigenvalue weighted by molar-refractivity contribution is 7.09. The number of thiazole rings is 1. The monoisotopic (exact) mass is 477 g/mol. The molecule has 0 aliphatic carbocycles. The van der Waals surface area contributed by atoms with E-state index in [1.165, 1.54) is 16.2 Å². The van der Waals surface area contributed by atoms with Crippen LogP contribution in [-0.2, 0) is 22.5 Å². The van der Waals surface area contributed by atoms with Gasteiger partial charge in [0.15, 0.2) is 0 Å². The van der Waals surface area contributed by atoms with E-state index in [-0.39, 0.29) is 19.1 Å². The molecule has 33 heavy (non-hydrogen) atoms. The summed E-state index contributed by atoms with van der Waals surface area (Å²) in [5.74, 6) is 0.158. The highest BCUT2D eigenvalue weighted by Crippen LogP contribution is 2.15. The maximum atomic E-state index is 12.8.